The number of nitrogens with one attached hydrogen (secondary N) is 2. The van der Waals surface area contributed by atoms with Crippen molar-refractivity contribution >= 4 is 5.91 Å². The normalized spacial score (nSPS) is 26.3. The van der Waals surface area contributed by atoms with Crippen LogP contribution in [-0.4, -0.2) is 76.0 Å². The van der Waals surface area contributed by atoms with E-state index in [-0.39, 0.29) is 18.1 Å². The first-order chi connectivity index (χ1) is 9.28. The minimum absolute atomic E-state index is 0.122. The number of carbonyl (C=O) groups is 1. The van der Waals surface area contributed by atoms with Crippen molar-refractivity contribution in [3.8, 4) is 0 Å². The van der Waals surface area contributed by atoms with E-state index in [2.05, 4.69) is 15.5 Å². The Morgan fingerprint density at radius 2 is 2.11 bits per heavy atom. The summed E-state index contributed by atoms with van der Waals surface area (Å²) in [6, 6.07) is 0.287. The molecule has 0 aromatic heterocycles. The molecule has 0 aromatic rings. The van der Waals surface area contributed by atoms with Crippen LogP contribution in [0.25, 0.3) is 0 Å². The molecule has 19 heavy (non-hydrogen) atoms. The predicted octanol–water partition coefficient (Wildman–Crippen LogP) is -0.798. The van der Waals surface area contributed by atoms with Crippen molar-refractivity contribution in [2.24, 2.45) is 0 Å². The molecule has 0 aliphatic carbocycles. The largest absolute Gasteiger partial charge is 0.381 e. The van der Waals surface area contributed by atoms with Crippen LogP contribution >= 0.6 is 0 Å². The zero-order chi connectivity index (χ0) is 13.5. The molecular formula is C13H25N3O3. The molecule has 2 aliphatic rings. The van der Waals surface area contributed by atoms with Gasteiger partial charge in [-0.15, -0.1) is 0 Å². The van der Waals surface area contributed by atoms with E-state index in [1.54, 1.807) is 0 Å². The van der Waals surface area contributed by atoms with Gasteiger partial charge in [0.25, 0.3) is 0 Å². The molecule has 2 fully saturated rings. The van der Waals surface area contributed by atoms with Crippen LogP contribution in [0.2, 0.25) is 0 Å². The molecule has 0 saturated carbocycles. The molecule has 110 valence electrons. The standard InChI is InChI=1S/C13H25N3O3/c1-14-8-12-9-16(4-7-19-12)10-13(17)15-11-2-5-18-6-3-11/h11-12,14H,2-10H2,1H3,(H,15,17). The van der Waals surface area contributed by atoms with Crippen LogP contribution in [0.5, 0.6) is 0 Å². The van der Waals surface area contributed by atoms with Gasteiger partial charge in [-0.1, -0.05) is 0 Å². The summed E-state index contributed by atoms with van der Waals surface area (Å²) in [4.78, 5) is 14.2. The fourth-order valence-corrected chi connectivity index (χ4v) is 2.59. The van der Waals surface area contributed by atoms with E-state index >= 15 is 0 Å². The van der Waals surface area contributed by atoms with E-state index in [0.29, 0.717) is 13.2 Å². The number of carbonyl (C=O) groups excluding carboxylic acids is 1. The topological polar surface area (TPSA) is 62.8 Å². The maximum atomic E-state index is 12.0. The highest BCUT2D eigenvalue weighted by Gasteiger charge is 2.23. The lowest BCUT2D eigenvalue weighted by molar-refractivity contribution is -0.125. The summed E-state index contributed by atoms with van der Waals surface area (Å²) < 4.78 is 10.9. The van der Waals surface area contributed by atoms with Crippen molar-refractivity contribution in [3.05, 3.63) is 0 Å². The SMILES string of the molecule is CNCC1CN(CC(=O)NC2CCOCC2)CCO1. The number of likely N-dealkylation sites (N-methyl/N-ethyl adjacent to an activating group) is 1. The van der Waals surface area contributed by atoms with E-state index in [1.165, 1.54) is 0 Å². The quantitative estimate of drug-likeness (QED) is 0.685. The highest BCUT2D eigenvalue weighted by Crippen LogP contribution is 2.07. The first-order valence-electron chi connectivity index (χ1n) is 7.13. The molecule has 1 unspecified atom stereocenters. The van der Waals surface area contributed by atoms with Crippen LogP contribution in [0.1, 0.15) is 12.8 Å². The van der Waals surface area contributed by atoms with Gasteiger partial charge < -0.3 is 20.1 Å². The third-order valence-corrected chi connectivity index (χ3v) is 3.61. The van der Waals surface area contributed by atoms with Crippen LogP contribution in [0, 0.1) is 0 Å². The van der Waals surface area contributed by atoms with Gasteiger partial charge >= 0.3 is 0 Å². The van der Waals surface area contributed by atoms with Crippen molar-refractivity contribution < 1.29 is 14.3 Å². The first kappa shape index (κ1) is 14.7. The number of hydrogen-bond donors (Lipinski definition) is 2. The Morgan fingerprint density at radius 3 is 2.84 bits per heavy atom. The molecule has 2 N–H and O–H groups in total. The van der Waals surface area contributed by atoms with Crippen LogP contribution < -0.4 is 10.6 Å². The van der Waals surface area contributed by atoms with Crippen LogP contribution in [-0.2, 0) is 14.3 Å². The van der Waals surface area contributed by atoms with Crippen LogP contribution in [0.15, 0.2) is 0 Å². The summed E-state index contributed by atoms with van der Waals surface area (Å²) in [7, 11) is 1.92. The van der Waals surface area contributed by atoms with Gasteiger partial charge in [0.2, 0.25) is 5.91 Å². The van der Waals surface area contributed by atoms with Crippen LogP contribution in [0.4, 0.5) is 0 Å². The Morgan fingerprint density at radius 1 is 1.32 bits per heavy atom. The molecule has 0 aromatic carbocycles. The summed E-state index contributed by atoms with van der Waals surface area (Å²) in [6.07, 6.45) is 2.05. The number of morpholine rings is 1. The number of nitrogens with zero attached hydrogens (tertiary/aromatic N) is 1. The molecule has 2 aliphatic heterocycles. The second-order valence-electron chi connectivity index (χ2n) is 5.24. The molecule has 2 rings (SSSR count). The third kappa shape index (κ3) is 5.06. The molecule has 2 heterocycles. The molecule has 6 heteroatoms. The monoisotopic (exact) mass is 271 g/mol. The van der Waals surface area contributed by atoms with Crippen molar-refractivity contribution in [2.75, 3.05) is 53.0 Å². The lowest BCUT2D eigenvalue weighted by atomic mass is 10.1. The molecule has 1 atom stereocenters. The summed E-state index contributed by atoms with van der Waals surface area (Å²) >= 11 is 0. The average Bonchev–Trinajstić information content (AvgIpc) is 2.40. The van der Waals surface area contributed by atoms with Crippen molar-refractivity contribution in [2.45, 2.75) is 25.0 Å². The number of rotatable bonds is 5. The van der Waals surface area contributed by atoms with E-state index in [1.807, 2.05) is 7.05 Å². The zero-order valence-electron chi connectivity index (χ0n) is 11.7. The second-order valence-corrected chi connectivity index (χ2v) is 5.24. The van der Waals surface area contributed by atoms with Gasteiger partial charge in [0, 0.05) is 38.9 Å². The van der Waals surface area contributed by atoms with E-state index in [4.69, 9.17) is 9.47 Å². The first-order valence-corrected chi connectivity index (χ1v) is 7.13. The minimum atomic E-state index is 0.122. The maximum absolute atomic E-state index is 12.0. The smallest absolute Gasteiger partial charge is 0.234 e. The molecule has 6 nitrogen and oxygen atoms in total. The van der Waals surface area contributed by atoms with Gasteiger partial charge in [0.1, 0.15) is 0 Å². The van der Waals surface area contributed by atoms with E-state index in [9.17, 15) is 4.79 Å². The lowest BCUT2D eigenvalue weighted by Gasteiger charge is -2.33. The third-order valence-electron chi connectivity index (χ3n) is 3.61. The van der Waals surface area contributed by atoms with Gasteiger partial charge in [-0.3, -0.25) is 9.69 Å². The summed E-state index contributed by atoms with van der Waals surface area (Å²) in [5.74, 6) is 0.122. The molecule has 0 spiro atoms. The Balaban J connectivity index is 1.68. The molecule has 0 radical (unpaired) electrons. The lowest BCUT2D eigenvalue weighted by Crippen LogP contribution is -2.50. The fraction of sp³-hybridized carbons (Fsp3) is 0.923. The number of amides is 1. The maximum Gasteiger partial charge on any atom is 0.234 e. The summed E-state index contributed by atoms with van der Waals surface area (Å²) in [5, 5.41) is 6.21. The predicted molar refractivity (Wildman–Crippen MR) is 72.1 cm³/mol. The zero-order valence-corrected chi connectivity index (χ0v) is 11.7. The molecule has 2 saturated heterocycles. The van der Waals surface area contributed by atoms with E-state index in [0.717, 1.165) is 45.7 Å². The number of ether oxygens (including phenoxy) is 2. The van der Waals surface area contributed by atoms with Crippen molar-refractivity contribution in [1.29, 1.82) is 0 Å². The summed E-state index contributed by atoms with van der Waals surface area (Å²) in [6.45, 7) is 5.18. The highest BCUT2D eigenvalue weighted by molar-refractivity contribution is 5.78. The van der Waals surface area contributed by atoms with Gasteiger partial charge in [-0.05, 0) is 19.9 Å². The Kier molecular flexibility index (Phi) is 6.03. The molecule has 1 amide bonds. The van der Waals surface area contributed by atoms with Crippen molar-refractivity contribution in [3.63, 3.8) is 0 Å². The molecule has 0 bridgehead atoms. The van der Waals surface area contributed by atoms with Gasteiger partial charge in [0.05, 0.1) is 19.3 Å². The minimum Gasteiger partial charge on any atom is -0.381 e. The second kappa shape index (κ2) is 7.79. The Bertz CT molecular complexity index is 280. The van der Waals surface area contributed by atoms with Gasteiger partial charge in [0.15, 0.2) is 0 Å². The van der Waals surface area contributed by atoms with Crippen LogP contribution in [0.3, 0.4) is 0 Å². The average molecular weight is 271 g/mol. The summed E-state index contributed by atoms with van der Waals surface area (Å²) in [5.41, 5.74) is 0. The van der Waals surface area contributed by atoms with E-state index < -0.39 is 0 Å². The molecular weight excluding hydrogens is 246 g/mol. The highest BCUT2D eigenvalue weighted by atomic mass is 16.5. The van der Waals surface area contributed by atoms with Gasteiger partial charge in [-0.2, -0.15) is 0 Å². The van der Waals surface area contributed by atoms with Gasteiger partial charge in [-0.25, -0.2) is 0 Å². The Labute approximate surface area is 114 Å². The number of hydrogen-bond acceptors (Lipinski definition) is 5. The fourth-order valence-electron chi connectivity index (χ4n) is 2.59. The van der Waals surface area contributed by atoms with Crippen molar-refractivity contribution in [1.82, 2.24) is 15.5 Å². The Hall–Kier alpha value is -0.690.